The molecule has 0 aliphatic rings. The van der Waals surface area contributed by atoms with Crippen molar-refractivity contribution >= 4 is 41.3 Å². The summed E-state index contributed by atoms with van der Waals surface area (Å²) in [6.07, 6.45) is 1.55. The van der Waals surface area contributed by atoms with Gasteiger partial charge < -0.3 is 42.0 Å². The number of carbonyl (C=O) groups is 5. The van der Waals surface area contributed by atoms with Gasteiger partial charge in [0.2, 0.25) is 11.8 Å². The lowest BCUT2D eigenvalue weighted by atomic mass is 9.97. The number of amides is 5. The highest BCUT2D eigenvalue weighted by Crippen LogP contribution is 2.24. The van der Waals surface area contributed by atoms with Gasteiger partial charge in [-0.25, -0.2) is 14.4 Å². The van der Waals surface area contributed by atoms with E-state index < -0.39 is 53.6 Å². The maximum atomic E-state index is 14.1. The molecule has 14 heteroatoms. The van der Waals surface area contributed by atoms with Crippen LogP contribution in [0.25, 0.3) is 0 Å². The highest BCUT2D eigenvalue weighted by molar-refractivity contribution is 5.99. The number of phenolic OH excluding ortho intramolecular Hbond substituents is 1. The van der Waals surface area contributed by atoms with Gasteiger partial charge in [0.25, 0.3) is 0 Å². The molecule has 0 saturated heterocycles. The summed E-state index contributed by atoms with van der Waals surface area (Å²) in [5.74, 6) is -2.57. The van der Waals surface area contributed by atoms with E-state index in [1.54, 1.807) is 64.1 Å². The van der Waals surface area contributed by atoms with Crippen molar-refractivity contribution in [3.8, 4) is 5.75 Å². The number of carboxylic acid groups (broad SMARTS) is 1. The van der Waals surface area contributed by atoms with Crippen molar-refractivity contribution in [3.63, 3.8) is 0 Å². The second-order valence-electron chi connectivity index (χ2n) is 14.1. The molecular weight excluding hydrogens is 656 g/mol. The second-order valence-corrected chi connectivity index (χ2v) is 14.1. The highest BCUT2D eigenvalue weighted by Gasteiger charge is 2.32. The Balaban J connectivity index is 2.43. The van der Waals surface area contributed by atoms with E-state index in [0.29, 0.717) is 49.2 Å². The number of aromatic hydroxyl groups is 1. The maximum absolute atomic E-state index is 14.1. The summed E-state index contributed by atoms with van der Waals surface area (Å²) < 4.78 is 5.36. The quantitative estimate of drug-likeness (QED) is 0.102. The number of aliphatic carboxylic acids is 1. The second kappa shape index (κ2) is 20.1. The zero-order valence-corrected chi connectivity index (χ0v) is 30.8. The van der Waals surface area contributed by atoms with Gasteiger partial charge in [0, 0.05) is 11.4 Å². The van der Waals surface area contributed by atoms with Crippen LogP contribution in [-0.4, -0.2) is 70.4 Å². The third-order valence-electron chi connectivity index (χ3n) is 8.00. The molecular formula is C37H56N6O8. The molecule has 0 unspecified atom stereocenters. The molecule has 2 aromatic carbocycles. The van der Waals surface area contributed by atoms with Gasteiger partial charge in [-0.15, -0.1) is 0 Å². The molecule has 51 heavy (non-hydrogen) atoms. The van der Waals surface area contributed by atoms with E-state index in [4.69, 9.17) is 10.5 Å². The van der Waals surface area contributed by atoms with Crippen LogP contribution in [0.15, 0.2) is 48.5 Å². The minimum Gasteiger partial charge on any atom is -0.508 e. The van der Waals surface area contributed by atoms with Gasteiger partial charge in [-0.2, -0.15) is 0 Å². The Hall–Kier alpha value is -4.85. The Morgan fingerprint density at radius 1 is 0.902 bits per heavy atom. The lowest BCUT2D eigenvalue weighted by Crippen LogP contribution is -2.56. The normalized spacial score (nSPS) is 13.7. The average molecular weight is 713 g/mol. The van der Waals surface area contributed by atoms with Crippen molar-refractivity contribution < 1.29 is 38.9 Å². The largest absolute Gasteiger partial charge is 0.508 e. The molecule has 8 N–H and O–H groups in total. The number of nitrogens with zero attached hydrogens (tertiary/aromatic N) is 1. The Bertz CT molecular complexity index is 1460. The first kappa shape index (κ1) is 42.3. The zero-order chi connectivity index (χ0) is 38.3. The third kappa shape index (κ3) is 14.9. The number of carboxylic acids is 1. The van der Waals surface area contributed by atoms with Crippen LogP contribution in [0.5, 0.6) is 5.75 Å². The molecule has 0 radical (unpaired) electrons. The lowest BCUT2D eigenvalue weighted by Gasteiger charge is -2.30. The van der Waals surface area contributed by atoms with Crippen molar-refractivity contribution in [1.82, 2.24) is 16.0 Å². The SMILES string of the molecule is CC[C@H](C)[C@H](NC(=O)N(Cc1ccc(O)cc1)c1cccc(NC(=O)[C@H](CCCCN)NC(=O)OC(C)(C)C)c1)C(=O)N[C@@H](CC(C)C)C(=O)O. The molecule has 0 spiro atoms. The van der Waals surface area contributed by atoms with Gasteiger partial charge in [0.15, 0.2) is 0 Å². The van der Waals surface area contributed by atoms with Crippen molar-refractivity contribution in [2.75, 3.05) is 16.8 Å². The molecule has 2 rings (SSSR count). The number of hydrogen-bond donors (Lipinski definition) is 7. The van der Waals surface area contributed by atoms with E-state index in [2.05, 4.69) is 21.3 Å². The molecule has 0 aromatic heterocycles. The molecule has 0 bridgehead atoms. The molecule has 0 heterocycles. The molecule has 0 saturated carbocycles. The first-order chi connectivity index (χ1) is 23.9. The number of nitrogens with two attached hydrogens (primary N) is 1. The van der Waals surface area contributed by atoms with Crippen LogP contribution in [-0.2, 0) is 25.7 Å². The van der Waals surface area contributed by atoms with E-state index in [1.165, 1.54) is 17.0 Å². The summed E-state index contributed by atoms with van der Waals surface area (Å²) in [5.41, 5.74) is 6.24. The summed E-state index contributed by atoms with van der Waals surface area (Å²) in [5, 5.41) is 30.4. The van der Waals surface area contributed by atoms with Crippen molar-refractivity contribution in [3.05, 3.63) is 54.1 Å². The molecule has 4 atom stereocenters. The van der Waals surface area contributed by atoms with Gasteiger partial charge in [-0.05, 0) is 101 Å². The Morgan fingerprint density at radius 2 is 1.57 bits per heavy atom. The van der Waals surface area contributed by atoms with Crippen LogP contribution in [0, 0.1) is 11.8 Å². The molecule has 0 aliphatic carbocycles. The molecule has 2 aromatic rings. The molecule has 5 amide bonds. The van der Waals surface area contributed by atoms with Crippen molar-refractivity contribution in [2.45, 2.75) is 111 Å². The smallest absolute Gasteiger partial charge is 0.408 e. The average Bonchev–Trinajstić information content (AvgIpc) is 3.04. The van der Waals surface area contributed by atoms with E-state index >= 15 is 0 Å². The van der Waals surface area contributed by atoms with E-state index in [9.17, 15) is 34.2 Å². The predicted octanol–water partition coefficient (Wildman–Crippen LogP) is 5.10. The monoisotopic (exact) mass is 712 g/mol. The highest BCUT2D eigenvalue weighted by atomic mass is 16.6. The summed E-state index contributed by atoms with van der Waals surface area (Å²) in [7, 11) is 0. The fourth-order valence-corrected chi connectivity index (χ4v) is 5.12. The zero-order valence-electron chi connectivity index (χ0n) is 30.8. The number of ether oxygens (including phenoxy) is 1. The van der Waals surface area contributed by atoms with Gasteiger partial charge in [-0.1, -0.05) is 52.3 Å². The number of carbonyl (C=O) groups excluding carboxylic acids is 4. The number of hydrogen-bond acceptors (Lipinski definition) is 8. The number of nitrogens with one attached hydrogen (secondary N) is 4. The summed E-state index contributed by atoms with van der Waals surface area (Å²) in [6.45, 7) is 13.0. The minimum absolute atomic E-state index is 0.00548. The first-order valence-electron chi connectivity index (χ1n) is 17.4. The number of benzene rings is 2. The molecule has 0 aliphatic heterocycles. The Kier molecular flexibility index (Phi) is 16.7. The predicted molar refractivity (Wildman–Crippen MR) is 196 cm³/mol. The molecule has 282 valence electrons. The van der Waals surface area contributed by atoms with Crippen LogP contribution >= 0.6 is 0 Å². The number of rotatable bonds is 18. The first-order valence-corrected chi connectivity index (χ1v) is 17.4. The number of alkyl carbamates (subject to hydrolysis) is 1. The van der Waals surface area contributed by atoms with Crippen LogP contribution < -0.4 is 31.9 Å². The number of unbranched alkanes of at least 4 members (excludes halogenated alkanes) is 1. The lowest BCUT2D eigenvalue weighted by molar-refractivity contribution is -0.142. The van der Waals surface area contributed by atoms with Crippen LogP contribution in [0.3, 0.4) is 0 Å². The van der Waals surface area contributed by atoms with Crippen LogP contribution in [0.4, 0.5) is 21.0 Å². The molecule has 14 nitrogen and oxygen atoms in total. The van der Waals surface area contributed by atoms with Crippen molar-refractivity contribution in [1.29, 1.82) is 0 Å². The fourth-order valence-electron chi connectivity index (χ4n) is 5.12. The van der Waals surface area contributed by atoms with Gasteiger partial charge in [0.1, 0.15) is 29.5 Å². The Morgan fingerprint density at radius 3 is 2.14 bits per heavy atom. The van der Waals surface area contributed by atoms with Gasteiger partial charge in [-0.3, -0.25) is 14.5 Å². The summed E-state index contributed by atoms with van der Waals surface area (Å²) in [6, 6.07) is 9.05. The van der Waals surface area contributed by atoms with E-state index in [0.717, 1.165) is 0 Å². The van der Waals surface area contributed by atoms with Gasteiger partial charge in [0.05, 0.1) is 6.54 Å². The summed E-state index contributed by atoms with van der Waals surface area (Å²) in [4.78, 5) is 66.9. The third-order valence-corrected chi connectivity index (χ3v) is 8.00. The van der Waals surface area contributed by atoms with Crippen LogP contribution in [0.2, 0.25) is 0 Å². The van der Waals surface area contributed by atoms with Crippen molar-refractivity contribution in [2.24, 2.45) is 17.6 Å². The number of phenols is 1. The standard InChI is InChI=1S/C37H56N6O8/c1-8-24(4)31(33(46)40-30(34(47)48)20-23(2)3)42-35(49)43(22-25-15-17-28(44)18-16-25)27-13-11-12-26(21-27)39-32(45)29(14-9-10-19-38)41-36(50)51-37(5,6)7/h11-13,15-18,21,23-24,29-31,44H,8-10,14,19-20,22,38H2,1-7H3,(H,39,45)(H,40,46)(H,41,50)(H,42,49)(H,47,48)/t24-,29-,30-,31-/m0/s1. The van der Waals surface area contributed by atoms with Gasteiger partial charge >= 0.3 is 18.1 Å². The number of urea groups is 1. The van der Waals surface area contributed by atoms with E-state index in [1.807, 2.05) is 20.8 Å². The summed E-state index contributed by atoms with van der Waals surface area (Å²) >= 11 is 0. The topological polar surface area (TPSA) is 212 Å². The Labute approximate surface area is 300 Å². The maximum Gasteiger partial charge on any atom is 0.408 e. The fraction of sp³-hybridized carbons (Fsp3) is 0.541. The van der Waals surface area contributed by atoms with E-state index in [-0.39, 0.29) is 30.6 Å². The number of anilines is 2. The van der Waals surface area contributed by atoms with Crippen LogP contribution in [0.1, 0.15) is 86.1 Å². The molecule has 0 fully saturated rings. The minimum atomic E-state index is -1.16.